The molecule has 3 nitrogen and oxygen atoms in total. The van der Waals surface area contributed by atoms with E-state index in [0.717, 1.165) is 25.0 Å². The average Bonchev–Trinajstić information content (AvgIpc) is 3.17. The average molecular weight is 281 g/mol. The van der Waals surface area contributed by atoms with Crippen molar-refractivity contribution in [1.82, 2.24) is 4.98 Å². The molecule has 1 fully saturated rings. The lowest BCUT2D eigenvalue weighted by Crippen LogP contribution is -2.04. The van der Waals surface area contributed by atoms with Crippen molar-refractivity contribution in [3.8, 4) is 11.5 Å². The van der Waals surface area contributed by atoms with Gasteiger partial charge in [0.25, 0.3) is 0 Å². The van der Waals surface area contributed by atoms with Crippen LogP contribution in [0.3, 0.4) is 0 Å². The monoisotopic (exact) mass is 281 g/mol. The number of aromatic nitrogens is 1. The summed E-state index contributed by atoms with van der Waals surface area (Å²) in [5, 5.41) is 0. The molecule has 1 aromatic carbocycles. The molecule has 20 heavy (non-hydrogen) atoms. The van der Waals surface area contributed by atoms with E-state index in [4.69, 9.17) is 4.42 Å². The maximum absolute atomic E-state index is 12.7. The van der Waals surface area contributed by atoms with Crippen LogP contribution in [-0.2, 0) is 6.18 Å². The number of hydrogen-bond acceptors (Lipinski definition) is 3. The Kier molecular flexibility index (Phi) is 2.88. The molecule has 0 spiro atoms. The third-order valence-corrected chi connectivity index (χ3v) is 3.18. The third-order valence-electron chi connectivity index (χ3n) is 3.18. The van der Waals surface area contributed by atoms with Crippen LogP contribution in [0.5, 0.6) is 0 Å². The SMILES string of the molecule is O=Cc1nc(-c2cccc(C(F)(F)F)c2)oc1C1CC1. The van der Waals surface area contributed by atoms with Crippen molar-refractivity contribution < 1.29 is 22.4 Å². The highest BCUT2D eigenvalue weighted by molar-refractivity contribution is 5.75. The van der Waals surface area contributed by atoms with Gasteiger partial charge >= 0.3 is 6.18 Å². The molecule has 6 heteroatoms. The molecule has 0 amide bonds. The molecule has 1 heterocycles. The highest BCUT2D eigenvalue weighted by Crippen LogP contribution is 2.43. The molecule has 0 saturated heterocycles. The lowest BCUT2D eigenvalue weighted by atomic mass is 10.1. The first-order valence-corrected chi connectivity index (χ1v) is 6.12. The number of alkyl halides is 3. The van der Waals surface area contributed by atoms with E-state index in [1.165, 1.54) is 12.1 Å². The van der Waals surface area contributed by atoms with Gasteiger partial charge in [-0.3, -0.25) is 4.79 Å². The molecule has 1 aromatic heterocycles. The summed E-state index contributed by atoms with van der Waals surface area (Å²) in [5.41, 5.74) is -0.372. The summed E-state index contributed by atoms with van der Waals surface area (Å²) < 4.78 is 43.5. The van der Waals surface area contributed by atoms with Gasteiger partial charge < -0.3 is 4.42 Å². The predicted octanol–water partition coefficient (Wildman–Crippen LogP) is 4.05. The van der Waals surface area contributed by atoms with Gasteiger partial charge in [0.1, 0.15) is 11.5 Å². The van der Waals surface area contributed by atoms with E-state index in [9.17, 15) is 18.0 Å². The van der Waals surface area contributed by atoms with Gasteiger partial charge in [0.05, 0.1) is 5.56 Å². The standard InChI is InChI=1S/C14H10F3NO2/c15-14(16,17)10-3-1-2-9(6-10)13-18-11(7-19)12(20-13)8-4-5-8/h1-3,6-8H,4-5H2. The lowest BCUT2D eigenvalue weighted by molar-refractivity contribution is -0.137. The van der Waals surface area contributed by atoms with Gasteiger partial charge in [-0.25, -0.2) is 4.98 Å². The lowest BCUT2D eigenvalue weighted by Gasteiger charge is -2.06. The van der Waals surface area contributed by atoms with Gasteiger partial charge in [0, 0.05) is 11.5 Å². The topological polar surface area (TPSA) is 43.1 Å². The maximum Gasteiger partial charge on any atom is 0.416 e. The third kappa shape index (κ3) is 2.33. The first-order chi connectivity index (χ1) is 9.49. The molecule has 1 aliphatic rings. The van der Waals surface area contributed by atoms with Gasteiger partial charge in [-0.2, -0.15) is 13.2 Å². The molecule has 3 rings (SSSR count). The van der Waals surface area contributed by atoms with Crippen molar-refractivity contribution in [3.63, 3.8) is 0 Å². The van der Waals surface area contributed by atoms with Crippen molar-refractivity contribution in [1.29, 1.82) is 0 Å². The van der Waals surface area contributed by atoms with Crippen LogP contribution in [0, 0.1) is 0 Å². The van der Waals surface area contributed by atoms with E-state index in [0.29, 0.717) is 12.0 Å². The van der Waals surface area contributed by atoms with Crippen LogP contribution >= 0.6 is 0 Å². The van der Waals surface area contributed by atoms with Crippen LogP contribution in [0.2, 0.25) is 0 Å². The molecule has 0 N–H and O–H groups in total. The largest absolute Gasteiger partial charge is 0.440 e. The Balaban J connectivity index is 2.02. The number of nitrogens with zero attached hydrogens (tertiary/aromatic N) is 1. The van der Waals surface area contributed by atoms with E-state index in [2.05, 4.69) is 4.98 Å². The molecule has 0 unspecified atom stereocenters. The van der Waals surface area contributed by atoms with E-state index in [1.807, 2.05) is 0 Å². The molecule has 104 valence electrons. The molecular formula is C14H10F3NO2. The molecule has 0 bridgehead atoms. The molecule has 0 aliphatic heterocycles. The van der Waals surface area contributed by atoms with Gasteiger partial charge in [-0.15, -0.1) is 0 Å². The number of aldehydes is 1. The summed E-state index contributed by atoms with van der Waals surface area (Å²) >= 11 is 0. The number of oxazole rings is 1. The van der Waals surface area contributed by atoms with Crippen LogP contribution < -0.4 is 0 Å². The number of halogens is 3. The number of rotatable bonds is 3. The zero-order valence-corrected chi connectivity index (χ0v) is 10.3. The van der Waals surface area contributed by atoms with Crippen molar-refractivity contribution in [3.05, 3.63) is 41.3 Å². The summed E-state index contributed by atoms with van der Waals surface area (Å²) in [6.45, 7) is 0. The van der Waals surface area contributed by atoms with Crippen LogP contribution in [-0.4, -0.2) is 11.3 Å². The quantitative estimate of drug-likeness (QED) is 0.797. The highest BCUT2D eigenvalue weighted by Gasteiger charge is 2.33. The molecule has 1 saturated carbocycles. The van der Waals surface area contributed by atoms with Gasteiger partial charge in [-0.1, -0.05) is 6.07 Å². The van der Waals surface area contributed by atoms with Crippen molar-refractivity contribution in [2.45, 2.75) is 24.9 Å². The summed E-state index contributed by atoms with van der Waals surface area (Å²) in [6.07, 6.45) is -2.01. The van der Waals surface area contributed by atoms with E-state index in [-0.39, 0.29) is 23.1 Å². The molecule has 0 radical (unpaired) electrons. The fraction of sp³-hybridized carbons (Fsp3) is 0.286. The Labute approximate surface area is 112 Å². The maximum atomic E-state index is 12.7. The van der Waals surface area contributed by atoms with Crippen molar-refractivity contribution in [2.24, 2.45) is 0 Å². The highest BCUT2D eigenvalue weighted by atomic mass is 19.4. The molecule has 1 aliphatic carbocycles. The molecule has 0 atom stereocenters. The fourth-order valence-corrected chi connectivity index (χ4v) is 2.02. The van der Waals surface area contributed by atoms with E-state index < -0.39 is 11.7 Å². The smallest absolute Gasteiger partial charge is 0.416 e. The Hall–Kier alpha value is -2.11. The zero-order valence-electron chi connectivity index (χ0n) is 10.3. The summed E-state index contributed by atoms with van der Waals surface area (Å²) in [5.74, 6) is 0.703. The molecular weight excluding hydrogens is 271 g/mol. The number of carbonyl (C=O) groups is 1. The Morgan fingerprint density at radius 1 is 1.30 bits per heavy atom. The number of benzene rings is 1. The number of hydrogen-bond donors (Lipinski definition) is 0. The van der Waals surface area contributed by atoms with Gasteiger partial charge in [-0.05, 0) is 31.0 Å². The minimum atomic E-state index is -4.42. The first-order valence-electron chi connectivity index (χ1n) is 6.12. The summed E-state index contributed by atoms with van der Waals surface area (Å²) in [6, 6.07) is 4.72. The Bertz CT molecular complexity index is 657. The minimum Gasteiger partial charge on any atom is -0.440 e. The minimum absolute atomic E-state index is 0.0556. The van der Waals surface area contributed by atoms with Crippen LogP contribution in [0.1, 0.15) is 40.6 Å². The fourth-order valence-electron chi connectivity index (χ4n) is 2.02. The van der Waals surface area contributed by atoms with Gasteiger partial charge in [0.2, 0.25) is 5.89 Å². The first kappa shape index (κ1) is 12.9. The number of carbonyl (C=O) groups excluding carboxylic acids is 1. The summed E-state index contributed by atoms with van der Waals surface area (Å²) in [4.78, 5) is 14.9. The molecule has 2 aromatic rings. The van der Waals surface area contributed by atoms with Crippen LogP contribution in [0.15, 0.2) is 28.7 Å². The Morgan fingerprint density at radius 2 is 2.05 bits per heavy atom. The second-order valence-corrected chi connectivity index (χ2v) is 4.74. The summed E-state index contributed by atoms with van der Waals surface area (Å²) in [7, 11) is 0. The van der Waals surface area contributed by atoms with Crippen LogP contribution in [0.25, 0.3) is 11.5 Å². The van der Waals surface area contributed by atoms with E-state index >= 15 is 0 Å². The van der Waals surface area contributed by atoms with Gasteiger partial charge in [0.15, 0.2) is 6.29 Å². The van der Waals surface area contributed by atoms with Crippen molar-refractivity contribution >= 4 is 6.29 Å². The Morgan fingerprint density at radius 3 is 2.65 bits per heavy atom. The van der Waals surface area contributed by atoms with Crippen molar-refractivity contribution in [2.75, 3.05) is 0 Å². The predicted molar refractivity (Wildman–Crippen MR) is 64.3 cm³/mol. The second-order valence-electron chi connectivity index (χ2n) is 4.74. The van der Waals surface area contributed by atoms with E-state index in [1.54, 1.807) is 0 Å². The normalized spacial score (nSPS) is 15.3. The van der Waals surface area contributed by atoms with Crippen LogP contribution in [0.4, 0.5) is 13.2 Å². The second kappa shape index (κ2) is 4.47. The zero-order chi connectivity index (χ0) is 14.3.